The van der Waals surface area contributed by atoms with E-state index in [0.717, 1.165) is 10.0 Å². The van der Waals surface area contributed by atoms with E-state index in [2.05, 4.69) is 26.6 Å². The van der Waals surface area contributed by atoms with Crippen molar-refractivity contribution in [2.45, 2.75) is 26.3 Å². The first-order valence-electron chi connectivity index (χ1n) is 7.40. The van der Waals surface area contributed by atoms with Crippen LogP contribution >= 0.6 is 15.9 Å². The average Bonchev–Trinajstić information content (AvgIpc) is 2.49. The van der Waals surface area contributed by atoms with Crippen LogP contribution in [0, 0.1) is 0 Å². The molecule has 5 heteroatoms. The Kier molecular flexibility index (Phi) is 5.93. The molecule has 0 fully saturated rings. The Bertz CT molecular complexity index is 696. The number of carbonyl (C=O) groups is 2. The predicted molar refractivity (Wildman–Crippen MR) is 95.5 cm³/mol. The van der Waals surface area contributed by atoms with Gasteiger partial charge in [0.1, 0.15) is 0 Å². The molecule has 0 heterocycles. The Balaban J connectivity index is 2.08. The molecule has 0 saturated heterocycles. The maximum absolute atomic E-state index is 12.2. The van der Waals surface area contributed by atoms with Crippen LogP contribution in [0.5, 0.6) is 0 Å². The van der Waals surface area contributed by atoms with E-state index in [0.29, 0.717) is 11.3 Å². The van der Waals surface area contributed by atoms with Gasteiger partial charge in [-0.15, -0.1) is 0 Å². The summed E-state index contributed by atoms with van der Waals surface area (Å²) in [6.45, 7) is 3.79. The van der Waals surface area contributed by atoms with Gasteiger partial charge in [0.05, 0.1) is 17.7 Å². The lowest BCUT2D eigenvalue weighted by Crippen LogP contribution is -2.31. The highest BCUT2D eigenvalue weighted by Gasteiger charge is 2.13. The lowest BCUT2D eigenvalue weighted by Gasteiger charge is -2.13. The van der Waals surface area contributed by atoms with E-state index in [9.17, 15) is 9.59 Å². The second kappa shape index (κ2) is 7.92. The first-order chi connectivity index (χ1) is 11.0. The molecule has 0 saturated carbocycles. The van der Waals surface area contributed by atoms with Gasteiger partial charge in [-0.1, -0.05) is 40.2 Å². The molecule has 0 spiro atoms. The summed E-state index contributed by atoms with van der Waals surface area (Å²) >= 11 is 3.37. The van der Waals surface area contributed by atoms with Crippen LogP contribution < -0.4 is 10.6 Å². The zero-order valence-electron chi connectivity index (χ0n) is 13.1. The zero-order chi connectivity index (χ0) is 16.8. The molecule has 2 rings (SSSR count). The third-order valence-corrected chi connectivity index (χ3v) is 3.67. The number of hydrogen-bond donors (Lipinski definition) is 2. The van der Waals surface area contributed by atoms with Crippen LogP contribution in [0.15, 0.2) is 53.0 Å². The summed E-state index contributed by atoms with van der Waals surface area (Å²) in [5, 5.41) is 5.65. The van der Waals surface area contributed by atoms with E-state index in [1.807, 2.05) is 38.1 Å². The Morgan fingerprint density at radius 1 is 1.04 bits per heavy atom. The lowest BCUT2D eigenvalue weighted by molar-refractivity contribution is -0.115. The molecule has 0 aliphatic heterocycles. The number of nitrogens with one attached hydrogen (secondary N) is 2. The number of anilines is 1. The van der Waals surface area contributed by atoms with E-state index in [-0.39, 0.29) is 24.3 Å². The molecule has 0 atom stereocenters. The molecule has 0 aliphatic rings. The van der Waals surface area contributed by atoms with Crippen molar-refractivity contribution in [2.24, 2.45) is 0 Å². The van der Waals surface area contributed by atoms with Crippen LogP contribution in [0.1, 0.15) is 29.8 Å². The van der Waals surface area contributed by atoms with E-state index in [1.54, 1.807) is 24.3 Å². The molecule has 2 N–H and O–H groups in total. The van der Waals surface area contributed by atoms with Gasteiger partial charge < -0.3 is 10.6 Å². The maximum Gasteiger partial charge on any atom is 0.253 e. The summed E-state index contributed by atoms with van der Waals surface area (Å²) in [5.41, 5.74) is 1.90. The minimum Gasteiger partial charge on any atom is -0.350 e. The highest BCUT2D eigenvalue weighted by molar-refractivity contribution is 9.10. The van der Waals surface area contributed by atoms with Gasteiger partial charge in [0.15, 0.2) is 0 Å². The van der Waals surface area contributed by atoms with Crippen molar-refractivity contribution >= 4 is 33.4 Å². The number of benzene rings is 2. The molecule has 0 unspecified atom stereocenters. The fraction of sp³-hybridized carbons (Fsp3) is 0.222. The quantitative estimate of drug-likeness (QED) is 0.836. The van der Waals surface area contributed by atoms with Crippen LogP contribution in [-0.2, 0) is 11.2 Å². The van der Waals surface area contributed by atoms with Gasteiger partial charge in [0.25, 0.3) is 5.91 Å². The Morgan fingerprint density at radius 3 is 2.35 bits per heavy atom. The molecular weight excluding hydrogens is 356 g/mol. The van der Waals surface area contributed by atoms with Crippen molar-refractivity contribution in [3.8, 4) is 0 Å². The largest absolute Gasteiger partial charge is 0.350 e. The number of para-hydroxylation sites is 1. The van der Waals surface area contributed by atoms with Gasteiger partial charge in [0, 0.05) is 10.5 Å². The topological polar surface area (TPSA) is 58.2 Å². The molecule has 0 bridgehead atoms. The predicted octanol–water partition coefficient (Wildman–Crippen LogP) is 3.77. The Labute approximate surface area is 144 Å². The van der Waals surface area contributed by atoms with Crippen molar-refractivity contribution in [1.29, 1.82) is 0 Å². The molecule has 120 valence electrons. The summed E-state index contributed by atoms with van der Waals surface area (Å²) in [5.74, 6) is -0.350. The smallest absolute Gasteiger partial charge is 0.253 e. The van der Waals surface area contributed by atoms with Crippen molar-refractivity contribution in [1.82, 2.24) is 5.32 Å². The highest BCUT2D eigenvalue weighted by atomic mass is 79.9. The number of halogens is 1. The van der Waals surface area contributed by atoms with E-state index < -0.39 is 0 Å². The standard InChI is InChI=1S/C18H19BrN2O2/c1-12(2)20-18(23)15-5-3-4-6-16(15)21-17(22)11-13-7-9-14(19)10-8-13/h3-10,12H,11H2,1-2H3,(H,20,23)(H,21,22). The van der Waals surface area contributed by atoms with Gasteiger partial charge in [-0.25, -0.2) is 0 Å². The molecule has 2 aromatic carbocycles. The summed E-state index contributed by atoms with van der Waals surface area (Å²) in [4.78, 5) is 24.4. The second-order valence-electron chi connectivity index (χ2n) is 5.53. The van der Waals surface area contributed by atoms with Crippen LogP contribution in [0.4, 0.5) is 5.69 Å². The number of amides is 2. The molecule has 0 aromatic heterocycles. The minimum absolute atomic E-state index is 0.0361. The van der Waals surface area contributed by atoms with Crippen LogP contribution in [0.2, 0.25) is 0 Å². The molecule has 4 nitrogen and oxygen atoms in total. The number of hydrogen-bond acceptors (Lipinski definition) is 2. The third-order valence-electron chi connectivity index (χ3n) is 3.14. The monoisotopic (exact) mass is 374 g/mol. The van der Waals surface area contributed by atoms with Gasteiger partial charge in [-0.3, -0.25) is 9.59 Å². The van der Waals surface area contributed by atoms with Gasteiger partial charge in [0.2, 0.25) is 5.91 Å². The first-order valence-corrected chi connectivity index (χ1v) is 8.19. The SMILES string of the molecule is CC(C)NC(=O)c1ccccc1NC(=O)Cc1ccc(Br)cc1. The normalized spacial score (nSPS) is 10.4. The number of rotatable bonds is 5. The molecular formula is C18H19BrN2O2. The Morgan fingerprint density at radius 2 is 1.70 bits per heavy atom. The van der Waals surface area contributed by atoms with Gasteiger partial charge in [-0.05, 0) is 43.7 Å². The minimum atomic E-state index is -0.195. The Hall–Kier alpha value is -2.14. The fourth-order valence-corrected chi connectivity index (χ4v) is 2.38. The van der Waals surface area contributed by atoms with Gasteiger partial charge >= 0.3 is 0 Å². The average molecular weight is 375 g/mol. The molecule has 2 aromatic rings. The summed E-state index contributed by atoms with van der Waals surface area (Å²) in [7, 11) is 0. The van der Waals surface area contributed by atoms with Crippen molar-refractivity contribution in [2.75, 3.05) is 5.32 Å². The van der Waals surface area contributed by atoms with Gasteiger partial charge in [-0.2, -0.15) is 0 Å². The summed E-state index contributed by atoms with van der Waals surface area (Å²) in [6, 6.07) is 14.6. The van der Waals surface area contributed by atoms with Crippen LogP contribution in [0.25, 0.3) is 0 Å². The van der Waals surface area contributed by atoms with Crippen molar-refractivity contribution in [3.63, 3.8) is 0 Å². The molecule has 0 aliphatic carbocycles. The fourth-order valence-electron chi connectivity index (χ4n) is 2.11. The molecule has 23 heavy (non-hydrogen) atoms. The zero-order valence-corrected chi connectivity index (χ0v) is 14.7. The highest BCUT2D eigenvalue weighted by Crippen LogP contribution is 2.16. The summed E-state index contributed by atoms with van der Waals surface area (Å²) < 4.78 is 0.970. The van der Waals surface area contributed by atoms with E-state index in [4.69, 9.17) is 0 Å². The van der Waals surface area contributed by atoms with Crippen molar-refractivity contribution in [3.05, 3.63) is 64.1 Å². The maximum atomic E-state index is 12.2. The van der Waals surface area contributed by atoms with Crippen molar-refractivity contribution < 1.29 is 9.59 Å². The van der Waals surface area contributed by atoms with E-state index >= 15 is 0 Å². The summed E-state index contributed by atoms with van der Waals surface area (Å²) in [6.07, 6.45) is 0.257. The molecule has 2 amide bonds. The van der Waals surface area contributed by atoms with E-state index in [1.165, 1.54) is 0 Å². The van der Waals surface area contributed by atoms with Crippen LogP contribution in [-0.4, -0.2) is 17.9 Å². The number of carbonyl (C=O) groups excluding carboxylic acids is 2. The second-order valence-corrected chi connectivity index (χ2v) is 6.44. The lowest BCUT2D eigenvalue weighted by atomic mass is 10.1. The first kappa shape index (κ1) is 17.2. The third kappa shape index (κ3) is 5.21. The van der Waals surface area contributed by atoms with Crippen LogP contribution in [0.3, 0.4) is 0 Å². The molecule has 0 radical (unpaired) electrons.